The summed E-state index contributed by atoms with van der Waals surface area (Å²) in [6.07, 6.45) is 1.09. The Morgan fingerprint density at radius 3 is 1.85 bits per heavy atom. The SMILES string of the molecule is CS(=O)(=O)c1ccccc1C(=O)N1CCN(C(=O)c2ccccc2)CC1. The lowest BCUT2D eigenvalue weighted by Gasteiger charge is -2.35. The molecular weight excluding hydrogens is 352 g/mol. The van der Waals surface area contributed by atoms with Crippen LogP contribution in [0.15, 0.2) is 59.5 Å². The van der Waals surface area contributed by atoms with Gasteiger partial charge in [-0.15, -0.1) is 0 Å². The molecule has 0 aliphatic carbocycles. The van der Waals surface area contributed by atoms with Crippen LogP contribution in [0.1, 0.15) is 20.7 Å². The number of hydrogen-bond acceptors (Lipinski definition) is 4. The van der Waals surface area contributed by atoms with Gasteiger partial charge in [-0.25, -0.2) is 8.42 Å². The molecule has 0 saturated carbocycles. The van der Waals surface area contributed by atoms with E-state index < -0.39 is 9.84 Å². The van der Waals surface area contributed by atoms with Gasteiger partial charge < -0.3 is 9.80 Å². The average Bonchev–Trinajstić information content (AvgIpc) is 2.67. The number of rotatable bonds is 3. The zero-order valence-electron chi connectivity index (χ0n) is 14.5. The Hall–Kier alpha value is -2.67. The van der Waals surface area contributed by atoms with Crippen molar-refractivity contribution in [3.8, 4) is 0 Å². The van der Waals surface area contributed by atoms with Crippen LogP contribution in [0.3, 0.4) is 0 Å². The molecule has 1 heterocycles. The molecule has 0 N–H and O–H groups in total. The molecule has 2 aromatic carbocycles. The van der Waals surface area contributed by atoms with E-state index in [0.717, 1.165) is 6.26 Å². The van der Waals surface area contributed by atoms with Gasteiger partial charge in [0.2, 0.25) is 0 Å². The Kier molecular flexibility index (Phi) is 5.08. The largest absolute Gasteiger partial charge is 0.335 e. The Labute approximate surface area is 153 Å². The molecule has 0 atom stereocenters. The van der Waals surface area contributed by atoms with Crippen LogP contribution in [-0.2, 0) is 9.84 Å². The van der Waals surface area contributed by atoms with E-state index in [1.165, 1.54) is 12.1 Å². The minimum absolute atomic E-state index is 0.0350. The van der Waals surface area contributed by atoms with Crippen LogP contribution in [0.25, 0.3) is 0 Å². The van der Waals surface area contributed by atoms with E-state index in [4.69, 9.17) is 0 Å². The summed E-state index contributed by atoms with van der Waals surface area (Å²) in [5, 5.41) is 0. The third-order valence-electron chi connectivity index (χ3n) is 4.39. The molecule has 1 saturated heterocycles. The molecule has 1 fully saturated rings. The van der Waals surface area contributed by atoms with Crippen LogP contribution in [0.5, 0.6) is 0 Å². The summed E-state index contributed by atoms with van der Waals surface area (Å²) in [7, 11) is -3.49. The molecule has 7 heteroatoms. The normalized spacial score (nSPS) is 15.0. The molecule has 0 bridgehead atoms. The monoisotopic (exact) mass is 372 g/mol. The molecule has 1 aliphatic heterocycles. The quantitative estimate of drug-likeness (QED) is 0.822. The molecule has 6 nitrogen and oxygen atoms in total. The first-order valence-electron chi connectivity index (χ1n) is 8.30. The van der Waals surface area contributed by atoms with Crippen molar-refractivity contribution >= 4 is 21.7 Å². The van der Waals surface area contributed by atoms with Gasteiger partial charge in [0.15, 0.2) is 9.84 Å². The highest BCUT2D eigenvalue weighted by Crippen LogP contribution is 2.19. The van der Waals surface area contributed by atoms with Gasteiger partial charge in [0.05, 0.1) is 10.5 Å². The Morgan fingerprint density at radius 1 is 0.769 bits per heavy atom. The third-order valence-corrected chi connectivity index (χ3v) is 5.55. The minimum Gasteiger partial charge on any atom is -0.335 e. The second-order valence-electron chi connectivity index (χ2n) is 6.22. The lowest BCUT2D eigenvalue weighted by Crippen LogP contribution is -2.50. The van der Waals surface area contributed by atoms with E-state index in [0.29, 0.717) is 31.7 Å². The summed E-state index contributed by atoms with van der Waals surface area (Å²) in [5.74, 6) is -0.382. The second-order valence-corrected chi connectivity index (χ2v) is 8.20. The van der Waals surface area contributed by atoms with Crippen molar-refractivity contribution in [2.45, 2.75) is 4.90 Å². The molecule has 0 aromatic heterocycles. The van der Waals surface area contributed by atoms with Gasteiger partial charge in [-0.3, -0.25) is 9.59 Å². The van der Waals surface area contributed by atoms with Gasteiger partial charge in [0, 0.05) is 38.0 Å². The van der Waals surface area contributed by atoms with Crippen LogP contribution >= 0.6 is 0 Å². The molecule has 26 heavy (non-hydrogen) atoms. The van der Waals surface area contributed by atoms with Crippen LogP contribution < -0.4 is 0 Å². The fraction of sp³-hybridized carbons (Fsp3) is 0.263. The smallest absolute Gasteiger partial charge is 0.255 e. The number of nitrogens with zero attached hydrogens (tertiary/aromatic N) is 2. The van der Waals surface area contributed by atoms with Crippen molar-refractivity contribution in [3.63, 3.8) is 0 Å². The van der Waals surface area contributed by atoms with E-state index in [2.05, 4.69) is 0 Å². The molecule has 136 valence electrons. The number of piperazine rings is 1. The molecule has 0 unspecified atom stereocenters. The van der Waals surface area contributed by atoms with Gasteiger partial charge >= 0.3 is 0 Å². The van der Waals surface area contributed by atoms with Crippen molar-refractivity contribution < 1.29 is 18.0 Å². The van der Waals surface area contributed by atoms with Crippen LogP contribution in [-0.4, -0.2) is 62.5 Å². The fourth-order valence-corrected chi connectivity index (χ4v) is 3.89. The summed E-state index contributed by atoms with van der Waals surface area (Å²) < 4.78 is 23.8. The first-order chi connectivity index (χ1) is 12.4. The van der Waals surface area contributed by atoms with E-state index in [1.54, 1.807) is 34.1 Å². The van der Waals surface area contributed by atoms with Gasteiger partial charge in [-0.2, -0.15) is 0 Å². The number of carbonyl (C=O) groups is 2. The van der Waals surface area contributed by atoms with E-state index in [1.807, 2.05) is 18.2 Å². The minimum atomic E-state index is -3.49. The van der Waals surface area contributed by atoms with Gasteiger partial charge in [0.1, 0.15) is 0 Å². The van der Waals surface area contributed by atoms with Crippen LogP contribution in [0, 0.1) is 0 Å². The van der Waals surface area contributed by atoms with E-state index in [-0.39, 0.29) is 22.3 Å². The Morgan fingerprint density at radius 2 is 1.27 bits per heavy atom. The molecule has 0 radical (unpaired) electrons. The maximum Gasteiger partial charge on any atom is 0.255 e. The molecule has 3 rings (SSSR count). The van der Waals surface area contributed by atoms with Gasteiger partial charge in [-0.1, -0.05) is 30.3 Å². The first kappa shape index (κ1) is 18.1. The predicted molar refractivity (Wildman–Crippen MR) is 97.8 cm³/mol. The molecule has 1 aliphatic rings. The standard InChI is InChI=1S/C19H20N2O4S/c1-26(24,25)17-10-6-5-9-16(17)19(23)21-13-11-20(12-14-21)18(22)15-7-3-2-4-8-15/h2-10H,11-14H2,1H3. The topological polar surface area (TPSA) is 74.8 Å². The highest BCUT2D eigenvalue weighted by molar-refractivity contribution is 7.90. The number of sulfone groups is 1. The van der Waals surface area contributed by atoms with Crippen molar-refractivity contribution in [1.29, 1.82) is 0 Å². The van der Waals surface area contributed by atoms with Gasteiger partial charge in [0.25, 0.3) is 11.8 Å². The number of carbonyl (C=O) groups excluding carboxylic acids is 2. The van der Waals surface area contributed by atoms with Crippen molar-refractivity contribution in [2.75, 3.05) is 32.4 Å². The molecule has 2 aromatic rings. The number of hydrogen-bond donors (Lipinski definition) is 0. The van der Waals surface area contributed by atoms with Crippen molar-refractivity contribution in [1.82, 2.24) is 9.80 Å². The maximum atomic E-state index is 12.8. The van der Waals surface area contributed by atoms with Crippen LogP contribution in [0.2, 0.25) is 0 Å². The maximum absolute atomic E-state index is 12.8. The van der Waals surface area contributed by atoms with E-state index >= 15 is 0 Å². The average molecular weight is 372 g/mol. The second kappa shape index (κ2) is 7.29. The molecular formula is C19H20N2O4S. The Balaban J connectivity index is 1.71. The first-order valence-corrected chi connectivity index (χ1v) is 10.2. The Bertz CT molecular complexity index is 918. The van der Waals surface area contributed by atoms with Crippen LogP contribution in [0.4, 0.5) is 0 Å². The third kappa shape index (κ3) is 3.77. The number of benzene rings is 2. The molecule has 2 amide bonds. The molecule has 0 spiro atoms. The summed E-state index contributed by atoms with van der Waals surface area (Å²) in [4.78, 5) is 28.6. The predicted octanol–water partition coefficient (Wildman–Crippen LogP) is 1.69. The highest BCUT2D eigenvalue weighted by Gasteiger charge is 2.28. The summed E-state index contributed by atoms with van der Waals surface area (Å²) in [5.41, 5.74) is 0.799. The number of amides is 2. The zero-order valence-corrected chi connectivity index (χ0v) is 15.3. The van der Waals surface area contributed by atoms with Crippen molar-refractivity contribution in [2.24, 2.45) is 0 Å². The van der Waals surface area contributed by atoms with Gasteiger partial charge in [-0.05, 0) is 24.3 Å². The summed E-state index contributed by atoms with van der Waals surface area (Å²) in [6.45, 7) is 1.58. The summed E-state index contributed by atoms with van der Waals surface area (Å²) in [6, 6.07) is 15.2. The zero-order chi connectivity index (χ0) is 18.7. The fourth-order valence-electron chi connectivity index (χ4n) is 3.01. The lowest BCUT2D eigenvalue weighted by atomic mass is 10.1. The summed E-state index contributed by atoms with van der Waals surface area (Å²) >= 11 is 0. The highest BCUT2D eigenvalue weighted by atomic mass is 32.2. The van der Waals surface area contributed by atoms with E-state index in [9.17, 15) is 18.0 Å². The van der Waals surface area contributed by atoms with Crippen molar-refractivity contribution in [3.05, 3.63) is 65.7 Å². The lowest BCUT2D eigenvalue weighted by molar-refractivity contribution is 0.0533.